The molecular formula is C16H18ClN5O2. The summed E-state index contributed by atoms with van der Waals surface area (Å²) in [6.07, 6.45) is 2.89. The Bertz CT molecular complexity index is 733. The molecule has 2 aromatic rings. The van der Waals surface area contributed by atoms with Crippen molar-refractivity contribution in [3.8, 4) is 0 Å². The number of nitrogens with two attached hydrogens (primary N) is 1. The summed E-state index contributed by atoms with van der Waals surface area (Å²) in [6.45, 7) is 1.37. The Morgan fingerprint density at radius 3 is 2.54 bits per heavy atom. The van der Waals surface area contributed by atoms with Crippen molar-refractivity contribution >= 4 is 28.9 Å². The van der Waals surface area contributed by atoms with E-state index in [0.717, 1.165) is 19.3 Å². The maximum Gasteiger partial charge on any atom is 0.353 e. The second-order valence-corrected chi connectivity index (χ2v) is 6.27. The number of halogens is 1. The largest absolute Gasteiger partial charge is 0.378 e. The Morgan fingerprint density at radius 1 is 1.25 bits per heavy atom. The molecule has 0 saturated carbocycles. The highest BCUT2D eigenvalue weighted by Gasteiger charge is 2.29. The molecule has 24 heavy (non-hydrogen) atoms. The van der Waals surface area contributed by atoms with Gasteiger partial charge in [-0.2, -0.15) is 9.97 Å². The highest BCUT2D eigenvalue weighted by Crippen LogP contribution is 2.34. The number of nitro groups is 1. The molecule has 1 aliphatic rings. The Morgan fingerprint density at radius 2 is 1.92 bits per heavy atom. The lowest BCUT2D eigenvalue weighted by atomic mass is 9.90. The van der Waals surface area contributed by atoms with Crippen molar-refractivity contribution in [1.29, 1.82) is 0 Å². The number of aromatic nitrogens is 2. The number of benzene rings is 1. The fraction of sp³-hybridized carbons (Fsp3) is 0.375. The predicted molar refractivity (Wildman–Crippen MR) is 93.2 cm³/mol. The third-order valence-corrected chi connectivity index (χ3v) is 4.50. The summed E-state index contributed by atoms with van der Waals surface area (Å²) < 4.78 is 0. The van der Waals surface area contributed by atoms with Crippen LogP contribution in [0.5, 0.6) is 0 Å². The van der Waals surface area contributed by atoms with Crippen molar-refractivity contribution in [2.45, 2.75) is 19.3 Å². The number of rotatable bonds is 4. The van der Waals surface area contributed by atoms with Crippen LogP contribution in [0.2, 0.25) is 5.28 Å². The highest BCUT2D eigenvalue weighted by atomic mass is 35.5. The van der Waals surface area contributed by atoms with Gasteiger partial charge < -0.3 is 10.6 Å². The van der Waals surface area contributed by atoms with Gasteiger partial charge in [0.1, 0.15) is 0 Å². The molecule has 0 atom stereocenters. The van der Waals surface area contributed by atoms with Crippen molar-refractivity contribution in [2.75, 3.05) is 23.7 Å². The van der Waals surface area contributed by atoms with E-state index < -0.39 is 4.92 Å². The van der Waals surface area contributed by atoms with Crippen LogP contribution in [-0.4, -0.2) is 28.0 Å². The normalized spacial score (nSPS) is 15.5. The SMILES string of the molecule is Nc1nc(Cl)nc(N2CCC(Cc3ccccc3)CC2)c1[N+](=O)[O-]. The van der Waals surface area contributed by atoms with Gasteiger partial charge in [0.25, 0.3) is 0 Å². The molecule has 0 aliphatic carbocycles. The van der Waals surface area contributed by atoms with Crippen LogP contribution in [0, 0.1) is 16.0 Å². The van der Waals surface area contributed by atoms with E-state index in [1.807, 2.05) is 23.1 Å². The van der Waals surface area contributed by atoms with E-state index in [0.29, 0.717) is 19.0 Å². The van der Waals surface area contributed by atoms with Gasteiger partial charge >= 0.3 is 5.69 Å². The van der Waals surface area contributed by atoms with Crippen molar-refractivity contribution in [3.63, 3.8) is 0 Å². The number of nitrogen functional groups attached to an aromatic ring is 1. The summed E-state index contributed by atoms with van der Waals surface area (Å²) in [4.78, 5) is 20.3. The van der Waals surface area contributed by atoms with Crippen LogP contribution in [0.1, 0.15) is 18.4 Å². The van der Waals surface area contributed by atoms with Gasteiger partial charge in [0.05, 0.1) is 4.92 Å². The molecule has 1 aliphatic heterocycles. The lowest BCUT2D eigenvalue weighted by molar-refractivity contribution is -0.383. The molecule has 2 N–H and O–H groups in total. The Kier molecular flexibility index (Phi) is 4.80. The molecule has 126 valence electrons. The number of anilines is 2. The van der Waals surface area contributed by atoms with Crippen LogP contribution >= 0.6 is 11.6 Å². The first kappa shape index (κ1) is 16.4. The topological polar surface area (TPSA) is 98.2 Å². The predicted octanol–water partition coefficient (Wildman–Crippen LogP) is 3.08. The zero-order valence-corrected chi connectivity index (χ0v) is 13.8. The first-order chi connectivity index (χ1) is 11.5. The van der Waals surface area contributed by atoms with Crippen molar-refractivity contribution in [1.82, 2.24) is 9.97 Å². The second-order valence-electron chi connectivity index (χ2n) is 5.93. The van der Waals surface area contributed by atoms with Crippen LogP contribution < -0.4 is 10.6 Å². The van der Waals surface area contributed by atoms with Gasteiger partial charge in [-0.3, -0.25) is 10.1 Å². The minimum atomic E-state index is -0.545. The number of hydrogen-bond donors (Lipinski definition) is 1. The van der Waals surface area contributed by atoms with E-state index in [1.54, 1.807) is 0 Å². The molecule has 7 nitrogen and oxygen atoms in total. The van der Waals surface area contributed by atoms with E-state index in [9.17, 15) is 10.1 Å². The van der Waals surface area contributed by atoms with Crippen LogP contribution in [0.3, 0.4) is 0 Å². The van der Waals surface area contributed by atoms with Gasteiger partial charge in [-0.15, -0.1) is 0 Å². The van der Waals surface area contributed by atoms with Gasteiger partial charge in [-0.25, -0.2) is 0 Å². The highest BCUT2D eigenvalue weighted by molar-refractivity contribution is 6.28. The van der Waals surface area contributed by atoms with Gasteiger partial charge in [-0.05, 0) is 42.3 Å². The second kappa shape index (κ2) is 7.00. The standard InChI is InChI=1S/C16H18ClN5O2/c17-16-19-14(18)13(22(23)24)15(20-16)21-8-6-12(7-9-21)10-11-4-2-1-3-5-11/h1-5,12H,6-10H2,(H2,18,19,20). The minimum absolute atomic E-state index is 0.0699. The average molecular weight is 348 g/mol. The molecule has 1 saturated heterocycles. The molecule has 0 spiro atoms. The molecule has 1 aromatic carbocycles. The average Bonchev–Trinajstić information content (AvgIpc) is 2.55. The fourth-order valence-electron chi connectivity index (χ4n) is 3.12. The molecule has 1 aromatic heterocycles. The first-order valence-electron chi connectivity index (χ1n) is 7.81. The van der Waals surface area contributed by atoms with E-state index >= 15 is 0 Å². The summed E-state index contributed by atoms with van der Waals surface area (Å²) in [5.41, 5.74) is 6.71. The molecule has 2 heterocycles. The number of hydrogen-bond acceptors (Lipinski definition) is 6. The van der Waals surface area contributed by atoms with Crippen LogP contribution in [0.25, 0.3) is 0 Å². The summed E-state index contributed by atoms with van der Waals surface area (Å²) in [5, 5.41) is 11.2. The Balaban J connectivity index is 1.72. The quantitative estimate of drug-likeness (QED) is 0.518. The molecular weight excluding hydrogens is 330 g/mol. The number of piperidine rings is 1. The molecule has 1 fully saturated rings. The molecule has 0 unspecified atom stereocenters. The summed E-state index contributed by atoms with van der Waals surface area (Å²) >= 11 is 5.83. The number of nitrogens with zero attached hydrogens (tertiary/aromatic N) is 4. The molecule has 0 bridgehead atoms. The maximum atomic E-state index is 11.3. The zero-order chi connectivity index (χ0) is 17.1. The maximum absolute atomic E-state index is 11.3. The molecule has 0 amide bonds. The fourth-order valence-corrected chi connectivity index (χ4v) is 3.30. The van der Waals surface area contributed by atoms with Crippen LogP contribution in [-0.2, 0) is 6.42 Å². The Hall–Kier alpha value is -2.41. The lowest BCUT2D eigenvalue weighted by Crippen LogP contribution is -2.35. The zero-order valence-electron chi connectivity index (χ0n) is 13.1. The molecule has 8 heteroatoms. The van der Waals surface area contributed by atoms with Crippen LogP contribution in [0.15, 0.2) is 30.3 Å². The van der Waals surface area contributed by atoms with Gasteiger partial charge in [0.2, 0.25) is 16.9 Å². The van der Waals surface area contributed by atoms with Crippen molar-refractivity contribution < 1.29 is 4.92 Å². The van der Waals surface area contributed by atoms with E-state index in [-0.39, 0.29) is 22.6 Å². The van der Waals surface area contributed by atoms with Gasteiger partial charge in [0, 0.05) is 13.1 Å². The molecule has 0 radical (unpaired) electrons. The van der Waals surface area contributed by atoms with E-state index in [4.69, 9.17) is 17.3 Å². The summed E-state index contributed by atoms with van der Waals surface area (Å²) in [5.74, 6) is 0.578. The van der Waals surface area contributed by atoms with E-state index in [1.165, 1.54) is 5.56 Å². The summed E-state index contributed by atoms with van der Waals surface area (Å²) in [7, 11) is 0. The smallest absolute Gasteiger partial charge is 0.353 e. The third-order valence-electron chi connectivity index (χ3n) is 4.33. The van der Waals surface area contributed by atoms with Crippen molar-refractivity contribution in [3.05, 3.63) is 51.3 Å². The monoisotopic (exact) mass is 347 g/mol. The lowest BCUT2D eigenvalue weighted by Gasteiger charge is -2.32. The minimum Gasteiger partial charge on any atom is -0.378 e. The van der Waals surface area contributed by atoms with Crippen LogP contribution in [0.4, 0.5) is 17.3 Å². The third kappa shape index (κ3) is 3.56. The first-order valence-corrected chi connectivity index (χ1v) is 8.18. The molecule has 3 rings (SSSR count). The van der Waals surface area contributed by atoms with Gasteiger partial charge in [0.15, 0.2) is 0 Å². The van der Waals surface area contributed by atoms with Gasteiger partial charge in [-0.1, -0.05) is 30.3 Å². The van der Waals surface area contributed by atoms with Crippen molar-refractivity contribution in [2.24, 2.45) is 5.92 Å². The van der Waals surface area contributed by atoms with E-state index in [2.05, 4.69) is 22.1 Å². The summed E-state index contributed by atoms with van der Waals surface area (Å²) in [6, 6.07) is 10.3. The Labute approximate surface area is 144 Å².